The molecule has 0 spiro atoms. The molecule has 0 atom stereocenters. The minimum absolute atomic E-state index is 0.424. The number of nitrogens with two attached hydrogens (primary N) is 1. The Balaban J connectivity index is 1.50. The predicted molar refractivity (Wildman–Crippen MR) is 86.8 cm³/mol. The average molecular weight is 283 g/mol. The second-order valence-corrected chi connectivity index (χ2v) is 6.23. The Labute approximate surface area is 128 Å². The topological polar surface area (TPSA) is 32.5 Å². The van der Waals surface area contributed by atoms with Gasteiger partial charge in [-0.3, -0.25) is 4.90 Å². The van der Waals surface area contributed by atoms with Crippen LogP contribution in [-0.2, 0) is 6.54 Å². The molecule has 3 rings (SSSR count). The van der Waals surface area contributed by atoms with Crippen LogP contribution in [0.1, 0.15) is 24.0 Å². The van der Waals surface area contributed by atoms with E-state index in [9.17, 15) is 0 Å². The quantitative estimate of drug-likeness (QED) is 0.851. The maximum Gasteiger partial charge on any atom is 0.0555 e. The predicted octanol–water partition coefficient (Wildman–Crippen LogP) is 1.52. The highest BCUT2D eigenvalue weighted by Gasteiger charge is 2.26. The smallest absolute Gasteiger partial charge is 0.0555 e. The maximum absolute atomic E-state index is 5.43. The molecule has 2 aliphatic rings. The van der Waals surface area contributed by atoms with Gasteiger partial charge in [0.2, 0.25) is 0 Å². The summed E-state index contributed by atoms with van der Waals surface area (Å²) in [5, 5.41) is 0. The summed E-state index contributed by atoms with van der Waals surface area (Å²) in [6.45, 7) is 7.61. The molecule has 2 N–H and O–H groups in total. The third-order valence-electron chi connectivity index (χ3n) is 4.35. The first-order chi connectivity index (χ1) is 10.3. The first kappa shape index (κ1) is 14.6. The molecule has 1 aliphatic heterocycles. The zero-order chi connectivity index (χ0) is 14.5. The van der Waals surface area contributed by atoms with Crippen molar-refractivity contribution in [1.29, 1.82) is 0 Å². The number of hydrogen-bond acceptors (Lipinski definition) is 3. The van der Waals surface area contributed by atoms with Crippen molar-refractivity contribution in [1.82, 2.24) is 9.80 Å². The second kappa shape index (κ2) is 7.09. The largest absolute Gasteiger partial charge is 0.320 e. The Bertz CT molecular complexity index is 517. The second-order valence-electron chi connectivity index (χ2n) is 6.23. The van der Waals surface area contributed by atoms with Gasteiger partial charge in [-0.1, -0.05) is 24.0 Å². The molecule has 1 aromatic rings. The molecule has 0 aromatic heterocycles. The molecule has 3 nitrogen and oxygen atoms in total. The van der Waals surface area contributed by atoms with Crippen molar-refractivity contribution in [2.75, 3.05) is 39.3 Å². The lowest BCUT2D eigenvalue weighted by Crippen LogP contribution is -2.46. The minimum atomic E-state index is 0.424. The molecule has 0 amide bonds. The van der Waals surface area contributed by atoms with Crippen molar-refractivity contribution in [2.24, 2.45) is 11.7 Å². The third-order valence-corrected chi connectivity index (χ3v) is 4.35. The van der Waals surface area contributed by atoms with Gasteiger partial charge >= 0.3 is 0 Å². The molecule has 112 valence electrons. The van der Waals surface area contributed by atoms with Gasteiger partial charge in [-0.2, -0.15) is 0 Å². The van der Waals surface area contributed by atoms with Crippen molar-refractivity contribution in [3.8, 4) is 11.8 Å². The Morgan fingerprint density at radius 1 is 1.10 bits per heavy atom. The first-order valence-electron chi connectivity index (χ1n) is 8.06. The number of hydrogen-bond donors (Lipinski definition) is 1. The lowest BCUT2D eigenvalue weighted by molar-refractivity contribution is 0.123. The molecule has 3 heteroatoms. The lowest BCUT2D eigenvalue weighted by Gasteiger charge is -2.34. The van der Waals surface area contributed by atoms with Crippen LogP contribution < -0.4 is 5.73 Å². The summed E-state index contributed by atoms with van der Waals surface area (Å²) in [4.78, 5) is 5.19. The molecule has 2 fully saturated rings. The van der Waals surface area contributed by atoms with Crippen LogP contribution in [0.2, 0.25) is 0 Å². The van der Waals surface area contributed by atoms with Crippen molar-refractivity contribution in [3.63, 3.8) is 0 Å². The summed E-state index contributed by atoms with van der Waals surface area (Å²) < 4.78 is 0. The Kier molecular flexibility index (Phi) is 4.92. The van der Waals surface area contributed by atoms with E-state index in [0.29, 0.717) is 6.54 Å². The van der Waals surface area contributed by atoms with E-state index in [1.807, 2.05) is 0 Å². The van der Waals surface area contributed by atoms with Gasteiger partial charge in [0, 0.05) is 44.8 Å². The zero-order valence-corrected chi connectivity index (χ0v) is 12.7. The first-order valence-corrected chi connectivity index (χ1v) is 8.06. The number of piperazine rings is 1. The standard InChI is InChI=1S/C18H25N3/c19-8-2-5-16-3-1-4-18(13-16)15-21-11-9-20(10-12-21)14-17-6-7-17/h1,3-4,13,17H,6-12,14-15,19H2. The molecule has 0 radical (unpaired) electrons. The fourth-order valence-electron chi connectivity index (χ4n) is 2.95. The van der Waals surface area contributed by atoms with Crippen molar-refractivity contribution >= 4 is 0 Å². The number of nitrogens with zero attached hydrogens (tertiary/aromatic N) is 2. The molecule has 1 aromatic carbocycles. The van der Waals surface area contributed by atoms with Crippen molar-refractivity contribution < 1.29 is 0 Å². The van der Waals surface area contributed by atoms with Crippen LogP contribution in [0.3, 0.4) is 0 Å². The van der Waals surface area contributed by atoms with Gasteiger partial charge in [0.25, 0.3) is 0 Å². The molecule has 0 unspecified atom stereocenters. The van der Waals surface area contributed by atoms with E-state index < -0.39 is 0 Å². The van der Waals surface area contributed by atoms with Crippen LogP contribution in [0.25, 0.3) is 0 Å². The average Bonchev–Trinajstić information content (AvgIpc) is 3.32. The summed E-state index contributed by atoms with van der Waals surface area (Å²) in [5.41, 5.74) is 7.86. The highest BCUT2D eigenvalue weighted by molar-refractivity contribution is 5.37. The van der Waals surface area contributed by atoms with E-state index in [1.165, 1.54) is 51.1 Å². The molecule has 1 heterocycles. The minimum Gasteiger partial charge on any atom is -0.320 e. The van der Waals surface area contributed by atoms with Crippen molar-refractivity contribution in [3.05, 3.63) is 35.4 Å². The fraction of sp³-hybridized carbons (Fsp3) is 0.556. The van der Waals surface area contributed by atoms with E-state index in [-0.39, 0.29) is 0 Å². The normalized spacial score (nSPS) is 20.0. The van der Waals surface area contributed by atoms with E-state index in [1.54, 1.807) is 0 Å². The van der Waals surface area contributed by atoms with Gasteiger partial charge in [-0.15, -0.1) is 0 Å². The summed E-state index contributed by atoms with van der Waals surface area (Å²) in [7, 11) is 0. The van der Waals surface area contributed by atoms with Crippen LogP contribution in [-0.4, -0.2) is 49.1 Å². The number of benzene rings is 1. The molecule has 21 heavy (non-hydrogen) atoms. The maximum atomic E-state index is 5.43. The van der Waals surface area contributed by atoms with Crippen LogP contribution in [0.15, 0.2) is 24.3 Å². The molecule has 0 bridgehead atoms. The molecule has 1 aliphatic carbocycles. The van der Waals surface area contributed by atoms with Crippen LogP contribution in [0.4, 0.5) is 0 Å². The van der Waals surface area contributed by atoms with Crippen LogP contribution in [0.5, 0.6) is 0 Å². The Morgan fingerprint density at radius 3 is 2.57 bits per heavy atom. The number of rotatable bonds is 4. The van der Waals surface area contributed by atoms with Gasteiger partial charge in [0.1, 0.15) is 0 Å². The van der Waals surface area contributed by atoms with Gasteiger partial charge in [-0.25, -0.2) is 0 Å². The van der Waals surface area contributed by atoms with Gasteiger partial charge < -0.3 is 10.6 Å². The summed E-state index contributed by atoms with van der Waals surface area (Å²) in [5.74, 6) is 7.05. The summed E-state index contributed by atoms with van der Waals surface area (Å²) in [6.07, 6.45) is 2.91. The van der Waals surface area contributed by atoms with E-state index in [2.05, 4.69) is 45.9 Å². The van der Waals surface area contributed by atoms with Crippen LogP contribution >= 0.6 is 0 Å². The van der Waals surface area contributed by atoms with Gasteiger partial charge in [0.15, 0.2) is 0 Å². The molecule has 1 saturated heterocycles. The Morgan fingerprint density at radius 2 is 1.86 bits per heavy atom. The SMILES string of the molecule is NCC#Cc1cccc(CN2CCN(CC3CC3)CC2)c1. The highest BCUT2D eigenvalue weighted by atomic mass is 15.3. The Hall–Kier alpha value is -1.34. The van der Waals surface area contributed by atoms with Crippen LogP contribution in [0, 0.1) is 17.8 Å². The van der Waals surface area contributed by atoms with Gasteiger partial charge in [0.05, 0.1) is 6.54 Å². The lowest BCUT2D eigenvalue weighted by atomic mass is 10.1. The van der Waals surface area contributed by atoms with Gasteiger partial charge in [-0.05, 0) is 36.5 Å². The fourth-order valence-corrected chi connectivity index (χ4v) is 2.95. The van der Waals surface area contributed by atoms with E-state index in [0.717, 1.165) is 18.0 Å². The highest BCUT2D eigenvalue weighted by Crippen LogP contribution is 2.29. The van der Waals surface area contributed by atoms with E-state index >= 15 is 0 Å². The third kappa shape index (κ3) is 4.57. The summed E-state index contributed by atoms with van der Waals surface area (Å²) in [6, 6.07) is 8.54. The summed E-state index contributed by atoms with van der Waals surface area (Å²) >= 11 is 0. The zero-order valence-electron chi connectivity index (χ0n) is 12.7. The van der Waals surface area contributed by atoms with E-state index in [4.69, 9.17) is 5.73 Å². The molecule has 1 saturated carbocycles. The molecular weight excluding hydrogens is 258 g/mol. The molecular formula is C18H25N3. The van der Waals surface area contributed by atoms with Crippen molar-refractivity contribution in [2.45, 2.75) is 19.4 Å². The monoisotopic (exact) mass is 283 g/mol.